The van der Waals surface area contributed by atoms with Crippen LogP contribution in [0, 0.1) is 0 Å². The van der Waals surface area contributed by atoms with Gasteiger partial charge < -0.3 is 0 Å². The summed E-state index contributed by atoms with van der Waals surface area (Å²) in [5.74, 6) is 0. The number of fused-ring (bicyclic) bond motifs is 1. The number of rotatable bonds is 2. The van der Waals surface area contributed by atoms with E-state index in [9.17, 15) is 0 Å². The Morgan fingerprint density at radius 3 is 2.05 bits per heavy atom. The van der Waals surface area contributed by atoms with Crippen molar-refractivity contribution in [2.45, 2.75) is 31.5 Å². The maximum absolute atomic E-state index is 3.59. The highest BCUT2D eigenvalue weighted by Crippen LogP contribution is 2.32. The number of hydrogen-bond donors (Lipinski definition) is 0. The van der Waals surface area contributed by atoms with E-state index in [0.29, 0.717) is 0 Å². The van der Waals surface area contributed by atoms with E-state index in [-0.39, 0.29) is 5.41 Å². The van der Waals surface area contributed by atoms with Crippen LogP contribution in [0.4, 0.5) is 0 Å². The lowest BCUT2D eigenvalue weighted by molar-refractivity contribution is 0.590. The molecule has 0 aliphatic heterocycles. The molecule has 3 aromatic rings. The van der Waals surface area contributed by atoms with Crippen molar-refractivity contribution in [1.29, 1.82) is 0 Å². The van der Waals surface area contributed by atoms with Crippen LogP contribution in [0.25, 0.3) is 21.9 Å². The molecule has 0 saturated heterocycles. The molecular formula is C21H21Br. The first kappa shape index (κ1) is 15.3. The van der Waals surface area contributed by atoms with Crippen molar-refractivity contribution in [1.82, 2.24) is 0 Å². The standard InChI is InChI=1S/C21H21Br/c1-21(2,3)17-12-10-15(11-13-17)18-7-5-8-19-16(14-22)6-4-9-20(18)19/h4-13H,14H2,1-3H3. The fourth-order valence-corrected chi connectivity index (χ4v) is 3.38. The molecule has 22 heavy (non-hydrogen) atoms. The Labute approximate surface area is 141 Å². The van der Waals surface area contributed by atoms with Crippen LogP contribution in [-0.4, -0.2) is 0 Å². The van der Waals surface area contributed by atoms with Crippen molar-refractivity contribution in [3.63, 3.8) is 0 Å². The lowest BCUT2D eigenvalue weighted by Gasteiger charge is -2.19. The first-order valence-electron chi connectivity index (χ1n) is 7.68. The Bertz CT molecular complexity index is 792. The van der Waals surface area contributed by atoms with Gasteiger partial charge >= 0.3 is 0 Å². The van der Waals surface area contributed by atoms with Crippen LogP contribution in [0.2, 0.25) is 0 Å². The number of benzene rings is 3. The molecule has 0 fully saturated rings. The van der Waals surface area contributed by atoms with Crippen molar-refractivity contribution in [2.24, 2.45) is 0 Å². The molecule has 0 spiro atoms. The summed E-state index contributed by atoms with van der Waals surface area (Å²) in [7, 11) is 0. The molecule has 0 saturated carbocycles. The topological polar surface area (TPSA) is 0 Å². The maximum Gasteiger partial charge on any atom is 0.0289 e. The fraction of sp³-hybridized carbons (Fsp3) is 0.238. The highest BCUT2D eigenvalue weighted by Gasteiger charge is 2.13. The summed E-state index contributed by atoms with van der Waals surface area (Å²) < 4.78 is 0. The molecule has 0 radical (unpaired) electrons. The fourth-order valence-electron chi connectivity index (χ4n) is 2.89. The molecule has 0 unspecified atom stereocenters. The van der Waals surface area contributed by atoms with Crippen LogP contribution in [0.3, 0.4) is 0 Å². The zero-order valence-corrected chi connectivity index (χ0v) is 14.9. The molecule has 0 bridgehead atoms. The summed E-state index contributed by atoms with van der Waals surface area (Å²) in [6.07, 6.45) is 0. The van der Waals surface area contributed by atoms with Gasteiger partial charge in [0.15, 0.2) is 0 Å². The molecule has 0 atom stereocenters. The SMILES string of the molecule is CC(C)(C)c1ccc(-c2cccc3c(CBr)cccc23)cc1. The largest absolute Gasteiger partial charge is 0.0876 e. The highest BCUT2D eigenvalue weighted by molar-refractivity contribution is 9.08. The summed E-state index contributed by atoms with van der Waals surface area (Å²) in [4.78, 5) is 0. The van der Waals surface area contributed by atoms with Crippen LogP contribution in [-0.2, 0) is 10.7 Å². The summed E-state index contributed by atoms with van der Waals surface area (Å²) in [6, 6.07) is 22.1. The van der Waals surface area contributed by atoms with Crippen molar-refractivity contribution in [3.05, 3.63) is 71.8 Å². The van der Waals surface area contributed by atoms with Gasteiger partial charge in [-0.15, -0.1) is 0 Å². The van der Waals surface area contributed by atoms with Crippen molar-refractivity contribution in [3.8, 4) is 11.1 Å². The Morgan fingerprint density at radius 2 is 1.41 bits per heavy atom. The minimum Gasteiger partial charge on any atom is -0.0876 e. The van der Waals surface area contributed by atoms with Crippen LogP contribution in [0.15, 0.2) is 60.7 Å². The van der Waals surface area contributed by atoms with Crippen LogP contribution in [0.5, 0.6) is 0 Å². The monoisotopic (exact) mass is 352 g/mol. The molecule has 3 rings (SSSR count). The Morgan fingerprint density at radius 1 is 0.773 bits per heavy atom. The van der Waals surface area contributed by atoms with Crippen LogP contribution in [0.1, 0.15) is 31.9 Å². The molecule has 112 valence electrons. The van der Waals surface area contributed by atoms with Gasteiger partial charge in [0.1, 0.15) is 0 Å². The van der Waals surface area contributed by atoms with E-state index in [0.717, 1.165) is 5.33 Å². The minimum atomic E-state index is 0.195. The average molecular weight is 353 g/mol. The van der Waals surface area contributed by atoms with Gasteiger partial charge in [0.25, 0.3) is 0 Å². The molecule has 0 aliphatic carbocycles. The van der Waals surface area contributed by atoms with E-state index in [4.69, 9.17) is 0 Å². The summed E-state index contributed by atoms with van der Waals surface area (Å²) in [5.41, 5.74) is 5.50. The molecule has 0 aromatic heterocycles. The van der Waals surface area contributed by atoms with Crippen molar-refractivity contribution in [2.75, 3.05) is 0 Å². The molecule has 0 amide bonds. The second kappa shape index (κ2) is 5.89. The van der Waals surface area contributed by atoms with Crippen molar-refractivity contribution >= 4 is 26.7 Å². The number of hydrogen-bond acceptors (Lipinski definition) is 0. The Balaban J connectivity index is 2.14. The molecule has 0 heterocycles. The molecule has 0 aliphatic rings. The molecule has 3 aromatic carbocycles. The van der Waals surface area contributed by atoms with E-state index in [1.165, 1.54) is 33.0 Å². The second-order valence-electron chi connectivity index (χ2n) is 6.78. The zero-order chi connectivity index (χ0) is 15.7. The first-order valence-corrected chi connectivity index (χ1v) is 8.80. The second-order valence-corrected chi connectivity index (χ2v) is 7.34. The number of alkyl halides is 1. The molecular weight excluding hydrogens is 332 g/mol. The third-order valence-electron chi connectivity index (χ3n) is 4.22. The Hall–Kier alpha value is -1.60. The maximum atomic E-state index is 3.59. The predicted molar refractivity (Wildman–Crippen MR) is 101 cm³/mol. The minimum absolute atomic E-state index is 0.195. The van der Waals surface area contributed by atoms with E-state index in [2.05, 4.69) is 97.4 Å². The van der Waals surface area contributed by atoms with Gasteiger partial charge in [0, 0.05) is 5.33 Å². The van der Waals surface area contributed by atoms with Gasteiger partial charge in [-0.2, -0.15) is 0 Å². The van der Waals surface area contributed by atoms with Gasteiger partial charge in [-0.05, 0) is 38.4 Å². The van der Waals surface area contributed by atoms with E-state index in [1.54, 1.807) is 0 Å². The van der Waals surface area contributed by atoms with Crippen LogP contribution < -0.4 is 0 Å². The van der Waals surface area contributed by atoms with Gasteiger partial charge in [-0.3, -0.25) is 0 Å². The van der Waals surface area contributed by atoms with Gasteiger partial charge in [0.2, 0.25) is 0 Å². The molecule has 1 heteroatoms. The summed E-state index contributed by atoms with van der Waals surface area (Å²) in [5, 5.41) is 3.54. The quantitative estimate of drug-likeness (QED) is 0.450. The Kier molecular flexibility index (Phi) is 4.10. The highest BCUT2D eigenvalue weighted by atomic mass is 79.9. The zero-order valence-electron chi connectivity index (χ0n) is 13.4. The predicted octanol–water partition coefficient (Wildman–Crippen LogP) is 6.70. The van der Waals surface area contributed by atoms with E-state index < -0.39 is 0 Å². The number of halogens is 1. The summed E-state index contributed by atoms with van der Waals surface area (Å²) in [6.45, 7) is 6.76. The first-order chi connectivity index (χ1) is 10.5. The lowest BCUT2D eigenvalue weighted by atomic mass is 9.86. The van der Waals surface area contributed by atoms with Crippen molar-refractivity contribution < 1.29 is 0 Å². The summed E-state index contributed by atoms with van der Waals surface area (Å²) >= 11 is 3.59. The van der Waals surface area contributed by atoms with Gasteiger partial charge in [0.05, 0.1) is 0 Å². The average Bonchev–Trinajstić information content (AvgIpc) is 2.53. The van der Waals surface area contributed by atoms with Gasteiger partial charge in [-0.1, -0.05) is 97.4 Å². The third-order valence-corrected chi connectivity index (χ3v) is 4.82. The van der Waals surface area contributed by atoms with E-state index >= 15 is 0 Å². The smallest absolute Gasteiger partial charge is 0.0289 e. The lowest BCUT2D eigenvalue weighted by Crippen LogP contribution is -2.10. The molecule has 0 N–H and O–H groups in total. The third kappa shape index (κ3) is 2.83. The van der Waals surface area contributed by atoms with Crippen LogP contribution >= 0.6 is 15.9 Å². The normalized spacial score (nSPS) is 11.8. The van der Waals surface area contributed by atoms with Gasteiger partial charge in [-0.25, -0.2) is 0 Å². The molecule has 0 nitrogen and oxygen atoms in total. The van der Waals surface area contributed by atoms with E-state index in [1.807, 2.05) is 0 Å².